The van der Waals surface area contributed by atoms with Crippen molar-refractivity contribution in [3.8, 4) is 28.0 Å². The zero-order chi connectivity index (χ0) is 26.9. The average molecular weight is 511 g/mol. The second kappa shape index (κ2) is 14.0. The second-order valence-electron chi connectivity index (χ2n) is 11.8. The number of hydrogen-bond donors (Lipinski definition) is 0. The molecule has 1 aliphatic rings. The molecule has 0 atom stereocenters. The standard InChI is InChI=1S/C37H50O/c1-6-28(7-2)26-38-37-31(8-3)24-36(25-32(37)9-4)35-22-20-34(21-23-35)33-18-16-30(17-19-33)15-14-29-12-10-27(5)11-13-29/h16-25,27-29H,6-15,26H2,1-5H3. The van der Waals surface area contributed by atoms with Crippen molar-refractivity contribution < 1.29 is 4.74 Å². The lowest BCUT2D eigenvalue weighted by atomic mass is 9.80. The molecule has 0 saturated heterocycles. The largest absolute Gasteiger partial charge is 0.493 e. The van der Waals surface area contributed by atoms with E-state index in [0.717, 1.165) is 37.0 Å². The summed E-state index contributed by atoms with van der Waals surface area (Å²) in [5, 5.41) is 0. The van der Waals surface area contributed by atoms with E-state index in [4.69, 9.17) is 4.74 Å². The van der Waals surface area contributed by atoms with Crippen LogP contribution in [0, 0.1) is 17.8 Å². The highest BCUT2D eigenvalue weighted by molar-refractivity contribution is 5.72. The first-order valence-electron chi connectivity index (χ1n) is 15.5. The van der Waals surface area contributed by atoms with Crippen LogP contribution in [0.5, 0.6) is 5.75 Å². The second-order valence-corrected chi connectivity index (χ2v) is 11.8. The Hall–Kier alpha value is -2.54. The number of benzene rings is 3. The number of rotatable bonds is 12. The zero-order valence-electron chi connectivity index (χ0n) is 24.7. The summed E-state index contributed by atoms with van der Waals surface area (Å²) in [6.45, 7) is 12.2. The van der Waals surface area contributed by atoms with Gasteiger partial charge in [0.25, 0.3) is 0 Å². The molecule has 3 aromatic carbocycles. The smallest absolute Gasteiger partial charge is 0.125 e. The Morgan fingerprint density at radius 2 is 1.18 bits per heavy atom. The Kier molecular flexibility index (Phi) is 10.5. The van der Waals surface area contributed by atoms with Crippen LogP contribution in [0.4, 0.5) is 0 Å². The van der Waals surface area contributed by atoms with Crippen LogP contribution in [0.3, 0.4) is 0 Å². The molecule has 0 N–H and O–H groups in total. The zero-order valence-corrected chi connectivity index (χ0v) is 24.7. The lowest BCUT2D eigenvalue weighted by molar-refractivity contribution is 0.237. The van der Waals surface area contributed by atoms with Crippen LogP contribution >= 0.6 is 0 Å². The molecule has 204 valence electrons. The highest BCUT2D eigenvalue weighted by atomic mass is 16.5. The maximum atomic E-state index is 6.43. The van der Waals surface area contributed by atoms with Crippen molar-refractivity contribution in [2.24, 2.45) is 17.8 Å². The molecule has 38 heavy (non-hydrogen) atoms. The topological polar surface area (TPSA) is 9.23 Å². The third-order valence-corrected chi connectivity index (χ3v) is 9.10. The van der Waals surface area contributed by atoms with E-state index in [1.807, 2.05) is 0 Å². The van der Waals surface area contributed by atoms with Gasteiger partial charge >= 0.3 is 0 Å². The molecule has 1 aliphatic carbocycles. The molecular formula is C37H50O. The van der Waals surface area contributed by atoms with E-state index in [-0.39, 0.29) is 0 Å². The predicted octanol–water partition coefficient (Wildman–Crippen LogP) is 10.7. The first-order valence-corrected chi connectivity index (χ1v) is 15.5. The minimum atomic E-state index is 0.631. The van der Waals surface area contributed by atoms with E-state index in [9.17, 15) is 0 Å². The molecule has 0 bridgehead atoms. The van der Waals surface area contributed by atoms with Crippen molar-refractivity contribution in [1.29, 1.82) is 0 Å². The molecule has 3 aromatic rings. The van der Waals surface area contributed by atoms with Gasteiger partial charge in [-0.25, -0.2) is 0 Å². The van der Waals surface area contributed by atoms with Crippen LogP contribution in [-0.2, 0) is 19.3 Å². The van der Waals surface area contributed by atoms with E-state index in [1.54, 1.807) is 0 Å². The third kappa shape index (κ3) is 7.31. The fourth-order valence-corrected chi connectivity index (χ4v) is 6.06. The first kappa shape index (κ1) is 28.5. The van der Waals surface area contributed by atoms with E-state index in [0.29, 0.717) is 5.92 Å². The minimum absolute atomic E-state index is 0.631. The summed E-state index contributed by atoms with van der Waals surface area (Å²) in [4.78, 5) is 0. The Bertz CT molecular complexity index is 1090. The van der Waals surface area contributed by atoms with Crippen LogP contribution in [0.15, 0.2) is 60.7 Å². The van der Waals surface area contributed by atoms with Gasteiger partial charge in [-0.05, 0) is 94.5 Å². The maximum absolute atomic E-state index is 6.43. The Labute approximate surface area is 233 Å². The Morgan fingerprint density at radius 3 is 1.68 bits per heavy atom. The van der Waals surface area contributed by atoms with E-state index in [1.165, 1.54) is 90.3 Å². The molecule has 0 heterocycles. The molecule has 1 heteroatoms. The fraction of sp³-hybridized carbons (Fsp3) is 0.514. The summed E-state index contributed by atoms with van der Waals surface area (Å²) in [5.74, 6) is 3.63. The van der Waals surface area contributed by atoms with Crippen molar-refractivity contribution in [1.82, 2.24) is 0 Å². The van der Waals surface area contributed by atoms with Crippen LogP contribution in [0.2, 0.25) is 0 Å². The third-order valence-electron chi connectivity index (χ3n) is 9.10. The summed E-state index contributed by atoms with van der Waals surface area (Å²) in [7, 11) is 0. The number of hydrogen-bond acceptors (Lipinski definition) is 1. The van der Waals surface area contributed by atoms with E-state index < -0.39 is 0 Å². The summed E-state index contributed by atoms with van der Waals surface area (Å²) >= 11 is 0. The van der Waals surface area contributed by atoms with E-state index in [2.05, 4.69) is 95.3 Å². The van der Waals surface area contributed by atoms with Gasteiger partial charge in [-0.1, -0.05) is 122 Å². The molecule has 0 aliphatic heterocycles. The lowest BCUT2D eigenvalue weighted by Crippen LogP contribution is -2.12. The van der Waals surface area contributed by atoms with Crippen molar-refractivity contribution >= 4 is 0 Å². The molecule has 0 unspecified atom stereocenters. The van der Waals surface area contributed by atoms with Gasteiger partial charge in [0.15, 0.2) is 0 Å². The summed E-state index contributed by atoms with van der Waals surface area (Å²) in [6, 6.07) is 23.1. The quantitative estimate of drug-likeness (QED) is 0.235. The van der Waals surface area contributed by atoms with Gasteiger partial charge in [-0.3, -0.25) is 0 Å². The van der Waals surface area contributed by atoms with Gasteiger partial charge in [0, 0.05) is 0 Å². The highest BCUT2D eigenvalue weighted by Gasteiger charge is 2.18. The SMILES string of the molecule is CCc1cc(-c2ccc(-c3ccc(CCC4CCC(C)CC4)cc3)cc2)cc(CC)c1OCC(CC)CC. The van der Waals surface area contributed by atoms with Gasteiger partial charge in [0.1, 0.15) is 5.75 Å². The Morgan fingerprint density at radius 1 is 0.684 bits per heavy atom. The number of aryl methyl sites for hydroxylation is 3. The van der Waals surface area contributed by atoms with Crippen LogP contribution < -0.4 is 4.74 Å². The normalized spacial score (nSPS) is 17.6. The molecule has 4 rings (SSSR count). The molecule has 0 amide bonds. The predicted molar refractivity (Wildman–Crippen MR) is 165 cm³/mol. The minimum Gasteiger partial charge on any atom is -0.493 e. The monoisotopic (exact) mass is 510 g/mol. The molecular weight excluding hydrogens is 460 g/mol. The lowest BCUT2D eigenvalue weighted by Gasteiger charge is -2.26. The molecule has 0 radical (unpaired) electrons. The van der Waals surface area contributed by atoms with Gasteiger partial charge in [-0.15, -0.1) is 0 Å². The fourth-order valence-electron chi connectivity index (χ4n) is 6.06. The molecule has 1 saturated carbocycles. The highest BCUT2D eigenvalue weighted by Crippen LogP contribution is 2.34. The van der Waals surface area contributed by atoms with Gasteiger partial charge in [0.2, 0.25) is 0 Å². The van der Waals surface area contributed by atoms with Crippen molar-refractivity contribution in [2.45, 2.75) is 98.8 Å². The van der Waals surface area contributed by atoms with Crippen LogP contribution in [-0.4, -0.2) is 6.61 Å². The number of ether oxygens (including phenoxy) is 1. The van der Waals surface area contributed by atoms with Crippen molar-refractivity contribution in [3.05, 3.63) is 77.4 Å². The molecule has 0 aromatic heterocycles. The molecule has 0 spiro atoms. The average Bonchev–Trinajstić information content (AvgIpc) is 2.97. The maximum Gasteiger partial charge on any atom is 0.125 e. The van der Waals surface area contributed by atoms with Crippen molar-refractivity contribution in [3.63, 3.8) is 0 Å². The van der Waals surface area contributed by atoms with E-state index >= 15 is 0 Å². The van der Waals surface area contributed by atoms with Crippen LogP contribution in [0.1, 0.15) is 96.3 Å². The summed E-state index contributed by atoms with van der Waals surface area (Å²) in [5.41, 5.74) is 9.31. The van der Waals surface area contributed by atoms with Gasteiger partial charge in [0.05, 0.1) is 6.61 Å². The molecule has 1 nitrogen and oxygen atoms in total. The van der Waals surface area contributed by atoms with Gasteiger partial charge in [-0.2, -0.15) is 0 Å². The summed E-state index contributed by atoms with van der Waals surface area (Å²) < 4.78 is 6.43. The van der Waals surface area contributed by atoms with Crippen molar-refractivity contribution in [2.75, 3.05) is 6.61 Å². The summed E-state index contributed by atoms with van der Waals surface area (Å²) in [6.07, 6.45) is 12.6. The first-order chi connectivity index (χ1) is 18.5. The van der Waals surface area contributed by atoms with Crippen LogP contribution in [0.25, 0.3) is 22.3 Å². The van der Waals surface area contributed by atoms with Gasteiger partial charge < -0.3 is 4.74 Å². The molecule has 1 fully saturated rings. The Balaban J connectivity index is 1.43.